The molecular formula is C14H18ClN3O4S. The van der Waals surface area contributed by atoms with E-state index in [1.807, 2.05) is 0 Å². The number of halogens is 1. The first-order valence-corrected chi connectivity index (χ1v) is 9.31. The lowest BCUT2D eigenvalue weighted by molar-refractivity contribution is -0.126. The molecule has 0 bridgehead atoms. The number of nitrogens with zero attached hydrogens (tertiary/aromatic N) is 1. The highest BCUT2D eigenvalue weighted by Gasteiger charge is 2.30. The smallest absolute Gasteiger partial charge is 0.271 e. The lowest BCUT2D eigenvalue weighted by Crippen LogP contribution is -2.49. The predicted octanol–water partition coefficient (Wildman–Crippen LogP) is 0.773. The minimum atomic E-state index is -3.32. The molecule has 1 atom stereocenters. The lowest BCUT2D eigenvalue weighted by atomic mass is 9.99. The topological polar surface area (TPSA) is 95.6 Å². The molecule has 1 aromatic rings. The van der Waals surface area contributed by atoms with E-state index in [2.05, 4.69) is 10.9 Å². The van der Waals surface area contributed by atoms with E-state index in [4.69, 9.17) is 11.6 Å². The molecule has 1 aliphatic heterocycles. The van der Waals surface area contributed by atoms with Gasteiger partial charge >= 0.3 is 0 Å². The maximum atomic E-state index is 12.1. The third-order valence-corrected chi connectivity index (χ3v) is 5.24. The van der Waals surface area contributed by atoms with E-state index >= 15 is 0 Å². The molecule has 9 heteroatoms. The fourth-order valence-electron chi connectivity index (χ4n) is 2.39. The van der Waals surface area contributed by atoms with Crippen molar-refractivity contribution in [3.63, 3.8) is 0 Å². The van der Waals surface area contributed by atoms with E-state index in [0.717, 1.165) is 6.26 Å². The molecule has 23 heavy (non-hydrogen) atoms. The molecule has 1 saturated heterocycles. The van der Waals surface area contributed by atoms with Crippen molar-refractivity contribution in [2.75, 3.05) is 19.3 Å². The van der Waals surface area contributed by atoms with Crippen molar-refractivity contribution in [2.45, 2.75) is 12.8 Å². The molecule has 2 rings (SSSR count). The maximum Gasteiger partial charge on any atom is 0.271 e. The maximum absolute atomic E-state index is 12.1. The standard InChI is InChI=1S/C14H18ClN3O4S/c1-23(21,22)18-8-4-5-10(9-18)13(19)16-17-14(20)11-6-2-3-7-12(11)15/h2-3,6-7,10H,4-5,8-9H2,1H3,(H,16,19)(H,17,20). The first-order valence-electron chi connectivity index (χ1n) is 7.09. The van der Waals surface area contributed by atoms with Crippen LogP contribution in [0.15, 0.2) is 24.3 Å². The molecule has 1 fully saturated rings. The van der Waals surface area contributed by atoms with E-state index in [1.165, 1.54) is 10.4 Å². The van der Waals surface area contributed by atoms with Crippen LogP contribution in [0.5, 0.6) is 0 Å². The summed E-state index contributed by atoms with van der Waals surface area (Å²) in [6.45, 7) is 0.529. The van der Waals surface area contributed by atoms with Crippen molar-refractivity contribution in [1.82, 2.24) is 15.2 Å². The summed E-state index contributed by atoms with van der Waals surface area (Å²) in [6, 6.07) is 6.46. The zero-order valence-corrected chi connectivity index (χ0v) is 14.2. The van der Waals surface area contributed by atoms with Crippen molar-refractivity contribution < 1.29 is 18.0 Å². The van der Waals surface area contributed by atoms with Crippen molar-refractivity contribution in [3.05, 3.63) is 34.9 Å². The van der Waals surface area contributed by atoms with Gasteiger partial charge in [0.25, 0.3) is 5.91 Å². The van der Waals surface area contributed by atoms with E-state index in [9.17, 15) is 18.0 Å². The Balaban J connectivity index is 1.92. The molecule has 7 nitrogen and oxygen atoms in total. The molecule has 1 aromatic carbocycles. The molecule has 1 aliphatic rings. The highest BCUT2D eigenvalue weighted by Crippen LogP contribution is 2.19. The van der Waals surface area contributed by atoms with Crippen LogP contribution in [0.3, 0.4) is 0 Å². The molecule has 0 aliphatic carbocycles. The van der Waals surface area contributed by atoms with Gasteiger partial charge in [-0.1, -0.05) is 23.7 Å². The van der Waals surface area contributed by atoms with Gasteiger partial charge in [-0.15, -0.1) is 0 Å². The van der Waals surface area contributed by atoms with E-state index in [-0.39, 0.29) is 17.1 Å². The van der Waals surface area contributed by atoms with Gasteiger partial charge < -0.3 is 0 Å². The Morgan fingerprint density at radius 2 is 1.96 bits per heavy atom. The highest BCUT2D eigenvalue weighted by molar-refractivity contribution is 7.88. The van der Waals surface area contributed by atoms with Gasteiger partial charge in [0, 0.05) is 13.1 Å². The fraction of sp³-hybridized carbons (Fsp3) is 0.429. The number of rotatable bonds is 3. The van der Waals surface area contributed by atoms with Crippen LogP contribution in [-0.2, 0) is 14.8 Å². The molecule has 0 saturated carbocycles. The number of carbonyl (C=O) groups is 2. The lowest BCUT2D eigenvalue weighted by Gasteiger charge is -2.30. The van der Waals surface area contributed by atoms with Crippen LogP contribution >= 0.6 is 11.6 Å². The summed E-state index contributed by atoms with van der Waals surface area (Å²) in [6.07, 6.45) is 2.29. The summed E-state index contributed by atoms with van der Waals surface area (Å²) < 4.78 is 24.4. The SMILES string of the molecule is CS(=O)(=O)N1CCCC(C(=O)NNC(=O)c2ccccc2Cl)C1. The van der Waals surface area contributed by atoms with Gasteiger partial charge in [-0.2, -0.15) is 0 Å². The molecule has 2 N–H and O–H groups in total. The van der Waals surface area contributed by atoms with Gasteiger partial charge in [0.1, 0.15) is 0 Å². The Bertz CT molecular complexity index is 708. The average Bonchev–Trinajstić information content (AvgIpc) is 2.52. The van der Waals surface area contributed by atoms with Crippen LogP contribution in [0.25, 0.3) is 0 Å². The molecule has 1 unspecified atom stereocenters. The number of nitrogens with one attached hydrogen (secondary N) is 2. The number of piperidine rings is 1. The Labute approximate surface area is 140 Å². The summed E-state index contributed by atoms with van der Waals surface area (Å²) in [5.74, 6) is -1.44. The third-order valence-electron chi connectivity index (χ3n) is 3.64. The van der Waals surface area contributed by atoms with Crippen molar-refractivity contribution >= 4 is 33.4 Å². The summed E-state index contributed by atoms with van der Waals surface area (Å²) >= 11 is 5.91. The number of amides is 2. The molecular weight excluding hydrogens is 342 g/mol. The van der Waals surface area contributed by atoms with Gasteiger partial charge in [0.15, 0.2) is 0 Å². The van der Waals surface area contributed by atoms with Crippen LogP contribution in [0.2, 0.25) is 5.02 Å². The van der Waals surface area contributed by atoms with E-state index in [1.54, 1.807) is 18.2 Å². The minimum absolute atomic E-state index is 0.118. The van der Waals surface area contributed by atoms with Crippen LogP contribution in [0, 0.1) is 5.92 Å². The number of carbonyl (C=O) groups excluding carboxylic acids is 2. The zero-order valence-electron chi connectivity index (χ0n) is 12.6. The Kier molecular flexibility index (Phi) is 5.61. The predicted molar refractivity (Wildman–Crippen MR) is 86.2 cm³/mol. The Morgan fingerprint density at radius 3 is 2.61 bits per heavy atom. The quantitative estimate of drug-likeness (QED) is 0.779. The second kappa shape index (κ2) is 7.29. The van der Waals surface area contributed by atoms with Crippen LogP contribution in [0.4, 0.5) is 0 Å². The van der Waals surface area contributed by atoms with E-state index < -0.39 is 27.8 Å². The number of hydrogen-bond acceptors (Lipinski definition) is 4. The summed E-state index contributed by atoms with van der Waals surface area (Å²) in [5.41, 5.74) is 4.88. The molecule has 2 amide bonds. The zero-order chi connectivity index (χ0) is 17.0. The van der Waals surface area contributed by atoms with Crippen molar-refractivity contribution in [3.8, 4) is 0 Å². The largest absolute Gasteiger partial charge is 0.273 e. The van der Waals surface area contributed by atoms with Crippen molar-refractivity contribution in [1.29, 1.82) is 0 Å². The van der Waals surface area contributed by atoms with Gasteiger partial charge in [-0.05, 0) is 25.0 Å². The van der Waals surface area contributed by atoms with Crippen LogP contribution in [-0.4, -0.2) is 43.9 Å². The van der Waals surface area contributed by atoms with Gasteiger partial charge in [-0.3, -0.25) is 20.4 Å². The second-order valence-corrected chi connectivity index (χ2v) is 7.77. The first-order chi connectivity index (χ1) is 10.8. The molecule has 126 valence electrons. The number of sulfonamides is 1. The molecule has 0 spiro atoms. The first kappa shape index (κ1) is 17.7. The summed E-state index contributed by atoms with van der Waals surface area (Å²) in [4.78, 5) is 24.1. The van der Waals surface area contributed by atoms with Gasteiger partial charge in [0.2, 0.25) is 15.9 Å². The summed E-state index contributed by atoms with van der Waals surface area (Å²) in [7, 11) is -3.32. The van der Waals surface area contributed by atoms with Crippen LogP contribution in [0.1, 0.15) is 23.2 Å². The Hall–Kier alpha value is -1.64. The average molecular weight is 360 g/mol. The minimum Gasteiger partial charge on any atom is -0.273 e. The number of hydrogen-bond donors (Lipinski definition) is 2. The normalized spacial score (nSPS) is 19.1. The van der Waals surface area contributed by atoms with Crippen LogP contribution < -0.4 is 10.9 Å². The third kappa shape index (κ3) is 4.66. The van der Waals surface area contributed by atoms with E-state index in [0.29, 0.717) is 19.4 Å². The highest BCUT2D eigenvalue weighted by atomic mass is 35.5. The molecule has 0 radical (unpaired) electrons. The summed E-state index contributed by atoms with van der Waals surface area (Å²) in [5, 5.41) is 0.278. The number of hydrazine groups is 1. The molecule has 1 heterocycles. The van der Waals surface area contributed by atoms with Gasteiger partial charge in [0.05, 0.1) is 22.8 Å². The number of benzene rings is 1. The van der Waals surface area contributed by atoms with Gasteiger partial charge in [-0.25, -0.2) is 12.7 Å². The van der Waals surface area contributed by atoms with Crippen molar-refractivity contribution in [2.24, 2.45) is 5.92 Å². The Morgan fingerprint density at radius 1 is 1.26 bits per heavy atom. The molecule has 0 aromatic heterocycles. The second-order valence-electron chi connectivity index (χ2n) is 5.38. The fourth-order valence-corrected chi connectivity index (χ4v) is 3.52. The monoisotopic (exact) mass is 359 g/mol.